The van der Waals surface area contributed by atoms with Crippen molar-refractivity contribution in [3.8, 4) is 0 Å². The Morgan fingerprint density at radius 3 is 2.74 bits per heavy atom. The van der Waals surface area contributed by atoms with Crippen LogP contribution in [0.15, 0.2) is 6.20 Å². The predicted molar refractivity (Wildman–Crippen MR) is 81.7 cm³/mol. The second kappa shape index (κ2) is 5.87. The van der Waals surface area contributed by atoms with E-state index in [1.165, 1.54) is 5.69 Å². The van der Waals surface area contributed by atoms with Gasteiger partial charge in [0.25, 0.3) is 5.91 Å². The fraction of sp³-hybridized carbons (Fsp3) is 0.750. The van der Waals surface area contributed by atoms with Gasteiger partial charge in [0.2, 0.25) is 0 Å². The molecule has 7 heteroatoms. The van der Waals surface area contributed by atoms with E-state index in [1.54, 1.807) is 4.90 Å². The Morgan fingerprint density at radius 1 is 1.22 bits per heavy atom. The lowest BCUT2D eigenvalue weighted by molar-refractivity contribution is -0.138. The molecule has 3 aliphatic rings. The number of nitrogens with zero attached hydrogens (tertiary/aromatic N) is 4. The van der Waals surface area contributed by atoms with Gasteiger partial charge in [-0.25, -0.2) is 9.37 Å². The van der Waals surface area contributed by atoms with E-state index in [4.69, 9.17) is 4.74 Å². The summed E-state index contributed by atoms with van der Waals surface area (Å²) in [5.41, 5.74) is -0.388. The molecule has 126 valence electrons. The van der Waals surface area contributed by atoms with Gasteiger partial charge in [0.15, 0.2) is 5.67 Å². The van der Waals surface area contributed by atoms with Crippen LogP contribution in [0.1, 0.15) is 24.4 Å². The van der Waals surface area contributed by atoms with Gasteiger partial charge in [-0.2, -0.15) is 0 Å². The van der Waals surface area contributed by atoms with Crippen molar-refractivity contribution < 1.29 is 13.9 Å². The molecule has 1 aromatic rings. The number of hydrogen-bond acceptors (Lipinski definition) is 4. The fourth-order valence-electron chi connectivity index (χ4n) is 3.42. The van der Waals surface area contributed by atoms with Crippen LogP contribution in [-0.4, -0.2) is 70.3 Å². The maximum atomic E-state index is 14.0. The summed E-state index contributed by atoms with van der Waals surface area (Å²) < 4.78 is 21.6. The average Bonchev–Trinajstić information content (AvgIpc) is 3.27. The number of imidazole rings is 1. The molecule has 0 radical (unpaired) electrons. The molecule has 2 fully saturated rings. The summed E-state index contributed by atoms with van der Waals surface area (Å²) in [5, 5.41) is 0. The lowest BCUT2D eigenvalue weighted by atomic mass is 10.3. The van der Waals surface area contributed by atoms with Gasteiger partial charge in [-0.1, -0.05) is 0 Å². The van der Waals surface area contributed by atoms with Gasteiger partial charge in [0.05, 0.1) is 18.9 Å². The summed E-state index contributed by atoms with van der Waals surface area (Å²) in [5.74, 6) is 0.685. The van der Waals surface area contributed by atoms with Crippen LogP contribution in [0.3, 0.4) is 0 Å². The third-order valence-electron chi connectivity index (χ3n) is 5.07. The van der Waals surface area contributed by atoms with Crippen molar-refractivity contribution in [3.63, 3.8) is 0 Å². The molecule has 1 saturated heterocycles. The second-order valence-corrected chi connectivity index (χ2v) is 6.71. The summed E-state index contributed by atoms with van der Waals surface area (Å²) in [7, 11) is 0. The summed E-state index contributed by atoms with van der Waals surface area (Å²) in [6.07, 6.45) is 3.41. The number of fused-ring (bicyclic) bond motifs is 1. The molecule has 4 rings (SSSR count). The van der Waals surface area contributed by atoms with Crippen LogP contribution in [0.2, 0.25) is 0 Å². The van der Waals surface area contributed by atoms with Crippen LogP contribution < -0.4 is 0 Å². The van der Waals surface area contributed by atoms with Crippen molar-refractivity contribution in [1.82, 2.24) is 19.4 Å². The summed E-state index contributed by atoms with van der Waals surface area (Å²) in [6, 6.07) is 0. The lowest BCUT2D eigenvalue weighted by Gasteiger charge is -2.27. The quantitative estimate of drug-likeness (QED) is 0.818. The fourth-order valence-corrected chi connectivity index (χ4v) is 3.42. The van der Waals surface area contributed by atoms with Crippen molar-refractivity contribution in [2.75, 3.05) is 39.4 Å². The van der Waals surface area contributed by atoms with Crippen LogP contribution in [0.25, 0.3) is 0 Å². The lowest BCUT2D eigenvalue weighted by Crippen LogP contribution is -2.40. The molecule has 2 aliphatic heterocycles. The molecule has 0 atom stereocenters. The SMILES string of the molecule is O=C(N1CCc2ncc(CN3CCOCC3)n2CC1)C1(F)CC1. The predicted octanol–water partition coefficient (Wildman–Crippen LogP) is 0.602. The van der Waals surface area contributed by atoms with Gasteiger partial charge in [-0.05, 0) is 12.8 Å². The largest absolute Gasteiger partial charge is 0.379 e. The van der Waals surface area contributed by atoms with Crippen LogP contribution in [0, 0.1) is 0 Å². The Balaban J connectivity index is 1.43. The monoisotopic (exact) mass is 322 g/mol. The first kappa shape index (κ1) is 15.1. The zero-order valence-electron chi connectivity index (χ0n) is 13.3. The zero-order chi connectivity index (χ0) is 15.9. The number of hydrogen-bond donors (Lipinski definition) is 0. The number of carbonyl (C=O) groups is 1. The smallest absolute Gasteiger partial charge is 0.260 e. The third-order valence-corrected chi connectivity index (χ3v) is 5.07. The molecule has 3 heterocycles. The Morgan fingerprint density at radius 2 is 2.00 bits per heavy atom. The highest BCUT2D eigenvalue weighted by molar-refractivity contribution is 5.88. The van der Waals surface area contributed by atoms with Crippen molar-refractivity contribution in [3.05, 3.63) is 17.7 Å². The molecule has 1 amide bonds. The number of amides is 1. The molecule has 0 aromatic carbocycles. The number of alkyl halides is 1. The molecular weight excluding hydrogens is 299 g/mol. The van der Waals surface area contributed by atoms with Gasteiger partial charge in [-0.15, -0.1) is 0 Å². The maximum Gasteiger partial charge on any atom is 0.260 e. The number of aromatic nitrogens is 2. The summed E-state index contributed by atoms with van der Waals surface area (Å²) >= 11 is 0. The van der Waals surface area contributed by atoms with Crippen molar-refractivity contribution in [1.29, 1.82) is 0 Å². The highest BCUT2D eigenvalue weighted by Crippen LogP contribution is 2.41. The van der Waals surface area contributed by atoms with E-state index in [-0.39, 0.29) is 5.91 Å². The molecule has 0 spiro atoms. The van der Waals surface area contributed by atoms with Gasteiger partial charge in [-0.3, -0.25) is 9.69 Å². The zero-order valence-corrected chi connectivity index (χ0v) is 13.3. The Hall–Kier alpha value is -1.47. The number of halogens is 1. The highest BCUT2D eigenvalue weighted by Gasteiger charge is 2.52. The van der Waals surface area contributed by atoms with Crippen LogP contribution in [0.4, 0.5) is 4.39 Å². The number of morpholine rings is 1. The summed E-state index contributed by atoms with van der Waals surface area (Å²) in [6.45, 7) is 6.14. The second-order valence-electron chi connectivity index (χ2n) is 6.71. The van der Waals surface area contributed by atoms with Crippen LogP contribution >= 0.6 is 0 Å². The van der Waals surface area contributed by atoms with Crippen molar-refractivity contribution >= 4 is 5.91 Å². The van der Waals surface area contributed by atoms with Crippen molar-refractivity contribution in [2.45, 2.75) is 38.0 Å². The molecule has 1 aliphatic carbocycles. The summed E-state index contributed by atoms with van der Waals surface area (Å²) in [4.78, 5) is 20.8. The first-order valence-electron chi connectivity index (χ1n) is 8.47. The normalized spacial score (nSPS) is 24.1. The molecule has 0 N–H and O–H groups in total. The minimum Gasteiger partial charge on any atom is -0.379 e. The molecule has 6 nitrogen and oxygen atoms in total. The Kier molecular flexibility index (Phi) is 3.85. The van der Waals surface area contributed by atoms with Gasteiger partial charge in [0.1, 0.15) is 5.82 Å². The van der Waals surface area contributed by atoms with E-state index in [0.717, 1.165) is 38.7 Å². The molecule has 1 aromatic heterocycles. The van der Waals surface area contributed by atoms with E-state index in [2.05, 4.69) is 14.5 Å². The first-order valence-corrected chi connectivity index (χ1v) is 8.47. The van der Waals surface area contributed by atoms with E-state index in [0.29, 0.717) is 38.9 Å². The van der Waals surface area contributed by atoms with Gasteiger partial charge < -0.3 is 14.2 Å². The van der Waals surface area contributed by atoms with Crippen LogP contribution in [-0.2, 0) is 29.0 Å². The molecule has 0 bridgehead atoms. The van der Waals surface area contributed by atoms with Crippen LogP contribution in [0.5, 0.6) is 0 Å². The molecule has 0 unspecified atom stereocenters. The van der Waals surface area contributed by atoms with Gasteiger partial charge >= 0.3 is 0 Å². The highest BCUT2D eigenvalue weighted by atomic mass is 19.1. The first-order chi connectivity index (χ1) is 11.2. The van der Waals surface area contributed by atoms with E-state index in [1.807, 2.05) is 6.20 Å². The topological polar surface area (TPSA) is 50.6 Å². The minimum atomic E-state index is -1.57. The Labute approximate surface area is 135 Å². The Bertz CT molecular complexity index is 593. The molecular formula is C16H23FN4O2. The van der Waals surface area contributed by atoms with Gasteiger partial charge in [0, 0.05) is 51.9 Å². The molecule has 1 saturated carbocycles. The van der Waals surface area contributed by atoms with E-state index in [9.17, 15) is 9.18 Å². The average molecular weight is 322 g/mol. The minimum absolute atomic E-state index is 0.321. The number of carbonyl (C=O) groups excluding carboxylic acids is 1. The third kappa shape index (κ3) is 2.99. The molecule has 23 heavy (non-hydrogen) atoms. The maximum absolute atomic E-state index is 14.0. The standard InChI is InChI=1S/C16H23FN4O2/c17-16(2-3-16)15(22)20-4-1-14-18-11-13(21(14)6-5-20)12-19-7-9-23-10-8-19/h11H,1-10,12H2. The van der Waals surface area contributed by atoms with E-state index >= 15 is 0 Å². The van der Waals surface area contributed by atoms with Crippen molar-refractivity contribution in [2.24, 2.45) is 0 Å². The number of rotatable bonds is 3. The number of ether oxygens (including phenoxy) is 1. The van der Waals surface area contributed by atoms with E-state index < -0.39 is 5.67 Å².